The predicted octanol–water partition coefficient (Wildman–Crippen LogP) is 3.08. The van der Waals surface area contributed by atoms with Crippen molar-refractivity contribution in [3.8, 4) is 0 Å². The van der Waals surface area contributed by atoms with E-state index >= 15 is 0 Å². The number of carbonyl (C=O) groups is 2. The van der Waals surface area contributed by atoms with Crippen LogP contribution < -0.4 is 11.1 Å². The summed E-state index contributed by atoms with van der Waals surface area (Å²) in [6, 6.07) is 15.5. The molecule has 2 rings (SSSR count). The van der Waals surface area contributed by atoms with Gasteiger partial charge in [0, 0.05) is 18.7 Å². The van der Waals surface area contributed by atoms with Crippen molar-refractivity contribution in [3.63, 3.8) is 0 Å². The standard InChI is InChI=1S/C21H26N2O3.ClH/c1-15-6-5-7-16(12-15)13-18(21(25)26-2)14-23-20(24)11-10-17-8-3-4-9-19(17)22;/h3-9,12,18H,10-11,13-14,22H2,1-2H3,(H,23,24);1H. The first-order valence-corrected chi connectivity index (χ1v) is 8.73. The number of carbonyl (C=O) groups excluding carboxylic acids is 2. The highest BCUT2D eigenvalue weighted by Crippen LogP contribution is 2.14. The number of ether oxygens (including phenoxy) is 1. The maximum atomic E-state index is 12.1. The number of esters is 1. The SMILES string of the molecule is COC(=O)C(CNC(=O)CCc1ccccc1N)Cc1cccc(C)c1.Cl. The van der Waals surface area contributed by atoms with E-state index in [0.29, 0.717) is 24.9 Å². The largest absolute Gasteiger partial charge is 0.469 e. The molecule has 1 amide bonds. The molecule has 0 radical (unpaired) electrons. The number of rotatable bonds is 8. The average Bonchev–Trinajstić information content (AvgIpc) is 2.63. The Morgan fingerprint density at radius 1 is 1.15 bits per heavy atom. The molecule has 146 valence electrons. The number of methoxy groups -OCH3 is 1. The van der Waals surface area contributed by atoms with Gasteiger partial charge in [-0.2, -0.15) is 0 Å². The third-order valence-electron chi connectivity index (χ3n) is 4.32. The summed E-state index contributed by atoms with van der Waals surface area (Å²) in [4.78, 5) is 24.2. The van der Waals surface area contributed by atoms with E-state index in [1.54, 1.807) is 0 Å². The minimum Gasteiger partial charge on any atom is -0.469 e. The van der Waals surface area contributed by atoms with Gasteiger partial charge in [-0.05, 0) is 37.0 Å². The van der Waals surface area contributed by atoms with Gasteiger partial charge in [0.2, 0.25) is 5.91 Å². The number of benzene rings is 2. The molecule has 1 unspecified atom stereocenters. The maximum Gasteiger partial charge on any atom is 0.310 e. The van der Waals surface area contributed by atoms with E-state index in [4.69, 9.17) is 10.5 Å². The van der Waals surface area contributed by atoms with Gasteiger partial charge in [0.05, 0.1) is 13.0 Å². The zero-order valence-electron chi connectivity index (χ0n) is 15.7. The van der Waals surface area contributed by atoms with Crippen molar-refractivity contribution >= 4 is 30.0 Å². The summed E-state index contributed by atoms with van der Waals surface area (Å²) in [5.41, 5.74) is 9.71. The van der Waals surface area contributed by atoms with E-state index in [2.05, 4.69) is 5.32 Å². The number of halogens is 1. The second kappa shape index (κ2) is 11.2. The molecule has 2 aromatic carbocycles. The summed E-state index contributed by atoms with van der Waals surface area (Å²) in [5, 5.41) is 2.84. The number of nitrogens with one attached hydrogen (secondary N) is 1. The zero-order chi connectivity index (χ0) is 18.9. The van der Waals surface area contributed by atoms with Crippen molar-refractivity contribution in [2.75, 3.05) is 19.4 Å². The van der Waals surface area contributed by atoms with Crippen LogP contribution in [0.1, 0.15) is 23.1 Å². The molecule has 0 aliphatic heterocycles. The van der Waals surface area contributed by atoms with Crippen molar-refractivity contribution in [3.05, 3.63) is 65.2 Å². The highest BCUT2D eigenvalue weighted by molar-refractivity contribution is 5.85. The summed E-state index contributed by atoms with van der Waals surface area (Å²) in [6.45, 7) is 2.26. The van der Waals surface area contributed by atoms with Gasteiger partial charge in [-0.1, -0.05) is 48.0 Å². The molecule has 0 bridgehead atoms. The van der Waals surface area contributed by atoms with Crippen LogP contribution in [0.25, 0.3) is 0 Å². The van der Waals surface area contributed by atoms with Crippen LogP contribution in [0.3, 0.4) is 0 Å². The van der Waals surface area contributed by atoms with Gasteiger partial charge in [-0.25, -0.2) is 0 Å². The third kappa shape index (κ3) is 7.31. The van der Waals surface area contributed by atoms with E-state index in [1.807, 2.05) is 55.5 Å². The molecule has 0 aromatic heterocycles. The Bertz CT molecular complexity index is 765. The fourth-order valence-electron chi connectivity index (χ4n) is 2.86. The predicted molar refractivity (Wildman–Crippen MR) is 110 cm³/mol. The van der Waals surface area contributed by atoms with Crippen LogP contribution in [-0.2, 0) is 27.2 Å². The molecule has 5 nitrogen and oxygen atoms in total. The zero-order valence-corrected chi connectivity index (χ0v) is 16.6. The van der Waals surface area contributed by atoms with Crippen molar-refractivity contribution in [1.82, 2.24) is 5.32 Å². The lowest BCUT2D eigenvalue weighted by atomic mass is 9.98. The van der Waals surface area contributed by atoms with Gasteiger partial charge in [-0.3, -0.25) is 9.59 Å². The van der Waals surface area contributed by atoms with Crippen LogP contribution in [0.4, 0.5) is 5.69 Å². The van der Waals surface area contributed by atoms with Gasteiger partial charge in [0.1, 0.15) is 0 Å². The molecule has 0 saturated heterocycles. The smallest absolute Gasteiger partial charge is 0.310 e. The molecular formula is C21H27ClN2O3. The van der Waals surface area contributed by atoms with E-state index in [1.165, 1.54) is 7.11 Å². The highest BCUT2D eigenvalue weighted by atomic mass is 35.5. The first-order chi connectivity index (χ1) is 12.5. The molecule has 1 atom stereocenters. The fourth-order valence-corrected chi connectivity index (χ4v) is 2.86. The van der Waals surface area contributed by atoms with Crippen LogP contribution in [0.5, 0.6) is 0 Å². The Hall–Kier alpha value is -2.53. The van der Waals surface area contributed by atoms with Crippen molar-refractivity contribution in [2.45, 2.75) is 26.2 Å². The van der Waals surface area contributed by atoms with E-state index in [-0.39, 0.29) is 30.8 Å². The fraction of sp³-hybridized carbons (Fsp3) is 0.333. The molecule has 6 heteroatoms. The summed E-state index contributed by atoms with van der Waals surface area (Å²) in [5.74, 6) is -0.835. The number of hydrogen-bond donors (Lipinski definition) is 2. The first-order valence-electron chi connectivity index (χ1n) is 8.73. The lowest BCUT2D eigenvalue weighted by Gasteiger charge is -2.16. The third-order valence-corrected chi connectivity index (χ3v) is 4.32. The van der Waals surface area contributed by atoms with Crippen molar-refractivity contribution in [1.29, 1.82) is 0 Å². The number of amides is 1. The summed E-state index contributed by atoms with van der Waals surface area (Å²) in [7, 11) is 1.37. The Labute approximate surface area is 166 Å². The van der Waals surface area contributed by atoms with Crippen LogP contribution in [-0.4, -0.2) is 25.5 Å². The van der Waals surface area contributed by atoms with E-state index in [0.717, 1.165) is 16.7 Å². The minimum atomic E-state index is -0.410. The molecule has 27 heavy (non-hydrogen) atoms. The molecule has 0 saturated carbocycles. The number of aryl methyl sites for hydroxylation is 2. The topological polar surface area (TPSA) is 81.4 Å². The lowest BCUT2D eigenvalue weighted by molar-refractivity contribution is -0.145. The Kier molecular flexibility index (Phi) is 9.37. The number of para-hydroxylation sites is 1. The van der Waals surface area contributed by atoms with Gasteiger partial charge in [0.25, 0.3) is 0 Å². The number of anilines is 1. The molecule has 0 aliphatic rings. The average molecular weight is 391 g/mol. The van der Waals surface area contributed by atoms with Gasteiger partial charge < -0.3 is 15.8 Å². The van der Waals surface area contributed by atoms with Crippen LogP contribution in [0, 0.1) is 12.8 Å². The second-order valence-electron chi connectivity index (χ2n) is 6.42. The number of hydrogen-bond acceptors (Lipinski definition) is 4. The van der Waals surface area contributed by atoms with E-state index in [9.17, 15) is 9.59 Å². The molecule has 0 fully saturated rings. The number of nitrogen functional groups attached to an aromatic ring is 1. The normalized spacial score (nSPS) is 11.2. The molecule has 0 spiro atoms. The van der Waals surface area contributed by atoms with E-state index < -0.39 is 5.92 Å². The van der Waals surface area contributed by atoms with Crippen molar-refractivity contribution in [2.24, 2.45) is 5.92 Å². The van der Waals surface area contributed by atoms with Gasteiger partial charge in [-0.15, -0.1) is 12.4 Å². The van der Waals surface area contributed by atoms with Crippen LogP contribution >= 0.6 is 12.4 Å². The highest BCUT2D eigenvalue weighted by Gasteiger charge is 2.20. The quantitative estimate of drug-likeness (QED) is 0.536. The van der Waals surface area contributed by atoms with Crippen LogP contribution in [0.2, 0.25) is 0 Å². The first kappa shape index (κ1) is 22.5. The second-order valence-corrected chi connectivity index (χ2v) is 6.42. The van der Waals surface area contributed by atoms with Gasteiger partial charge >= 0.3 is 5.97 Å². The van der Waals surface area contributed by atoms with Crippen LogP contribution in [0.15, 0.2) is 48.5 Å². The molecule has 0 aliphatic carbocycles. The maximum absolute atomic E-state index is 12.1. The Balaban J connectivity index is 0.00000364. The number of nitrogens with two attached hydrogens (primary N) is 1. The summed E-state index contributed by atoms with van der Waals surface area (Å²) in [6.07, 6.45) is 1.42. The Morgan fingerprint density at radius 2 is 1.89 bits per heavy atom. The van der Waals surface area contributed by atoms with Gasteiger partial charge in [0.15, 0.2) is 0 Å². The molecule has 3 N–H and O–H groups in total. The minimum absolute atomic E-state index is 0. The molecule has 2 aromatic rings. The summed E-state index contributed by atoms with van der Waals surface area (Å²) < 4.78 is 4.89. The molecule has 0 heterocycles. The summed E-state index contributed by atoms with van der Waals surface area (Å²) >= 11 is 0. The van der Waals surface area contributed by atoms with Crippen molar-refractivity contribution < 1.29 is 14.3 Å². The molecular weight excluding hydrogens is 364 g/mol. The monoisotopic (exact) mass is 390 g/mol. The Morgan fingerprint density at radius 3 is 2.56 bits per heavy atom. The lowest BCUT2D eigenvalue weighted by Crippen LogP contribution is -2.34.